The number of hydrogen-bond acceptors (Lipinski definition) is 3. The highest BCUT2D eigenvalue weighted by atomic mass is 16.3. The maximum atomic E-state index is 9.43. The van der Waals surface area contributed by atoms with Crippen LogP contribution in [-0.2, 0) is 0 Å². The Hall–Kier alpha value is -0.590. The zero-order chi connectivity index (χ0) is 11.4. The molecule has 0 aromatic heterocycles. The molecule has 90 valence electrons. The van der Waals surface area contributed by atoms with E-state index in [9.17, 15) is 5.11 Å². The molecule has 2 rings (SSSR count). The maximum Gasteiger partial charge on any atom is 0.0628 e. The van der Waals surface area contributed by atoms with E-state index in [1.807, 2.05) is 0 Å². The van der Waals surface area contributed by atoms with Gasteiger partial charge in [0.2, 0.25) is 0 Å². The molecule has 0 aromatic rings. The molecule has 1 saturated carbocycles. The highest BCUT2D eigenvalue weighted by molar-refractivity contribution is 5.01. The summed E-state index contributed by atoms with van der Waals surface area (Å²) in [5, 5.41) is 18.3. The van der Waals surface area contributed by atoms with Crippen molar-refractivity contribution < 1.29 is 5.11 Å². The van der Waals surface area contributed by atoms with E-state index in [-0.39, 0.29) is 12.0 Å². The topological polar surface area (TPSA) is 47.3 Å². The molecular formula is C13H22N2O. The minimum Gasteiger partial charge on any atom is -0.395 e. The van der Waals surface area contributed by atoms with Gasteiger partial charge in [0.25, 0.3) is 0 Å². The number of nitrogens with zero attached hydrogens (tertiary/aromatic N) is 2. The maximum absolute atomic E-state index is 9.43. The Morgan fingerprint density at radius 2 is 2.12 bits per heavy atom. The van der Waals surface area contributed by atoms with Crippen LogP contribution < -0.4 is 0 Å². The normalized spacial score (nSPS) is 29.4. The first-order valence-corrected chi connectivity index (χ1v) is 6.51. The van der Waals surface area contributed by atoms with Crippen LogP contribution in [0, 0.1) is 16.7 Å². The van der Waals surface area contributed by atoms with E-state index in [1.165, 1.54) is 32.1 Å². The number of rotatable bonds is 4. The van der Waals surface area contributed by atoms with Gasteiger partial charge in [-0.1, -0.05) is 12.8 Å². The SMILES string of the molecule is N#CCC1(CN2CCCCCC2CO)CC1. The van der Waals surface area contributed by atoms with Crippen LogP contribution in [0.2, 0.25) is 0 Å². The molecule has 1 heterocycles. The van der Waals surface area contributed by atoms with Gasteiger partial charge in [-0.25, -0.2) is 0 Å². The van der Waals surface area contributed by atoms with E-state index >= 15 is 0 Å². The van der Waals surface area contributed by atoms with Crippen molar-refractivity contribution in [2.75, 3.05) is 19.7 Å². The summed E-state index contributed by atoms with van der Waals surface area (Å²) in [6, 6.07) is 2.67. The van der Waals surface area contributed by atoms with E-state index in [4.69, 9.17) is 5.26 Å². The Bertz CT molecular complexity index is 268. The predicted molar refractivity (Wildman–Crippen MR) is 62.8 cm³/mol. The van der Waals surface area contributed by atoms with Crippen molar-refractivity contribution in [3.8, 4) is 6.07 Å². The number of aliphatic hydroxyl groups excluding tert-OH is 1. The van der Waals surface area contributed by atoms with Crippen molar-refractivity contribution in [1.29, 1.82) is 5.26 Å². The van der Waals surface area contributed by atoms with Crippen molar-refractivity contribution in [1.82, 2.24) is 4.90 Å². The molecule has 1 unspecified atom stereocenters. The van der Waals surface area contributed by atoms with Gasteiger partial charge in [-0.15, -0.1) is 0 Å². The van der Waals surface area contributed by atoms with Gasteiger partial charge in [0.15, 0.2) is 0 Å². The van der Waals surface area contributed by atoms with Crippen LogP contribution in [0.1, 0.15) is 44.9 Å². The molecule has 2 aliphatic rings. The fourth-order valence-electron chi connectivity index (χ4n) is 2.82. The van der Waals surface area contributed by atoms with Gasteiger partial charge in [-0.05, 0) is 37.6 Å². The van der Waals surface area contributed by atoms with E-state index in [1.54, 1.807) is 0 Å². The summed E-state index contributed by atoms with van der Waals surface area (Å²) < 4.78 is 0. The number of aliphatic hydroxyl groups is 1. The Kier molecular flexibility index (Phi) is 3.83. The van der Waals surface area contributed by atoms with Crippen molar-refractivity contribution in [2.45, 2.75) is 51.0 Å². The molecule has 1 saturated heterocycles. The van der Waals surface area contributed by atoms with Gasteiger partial charge in [0.1, 0.15) is 0 Å². The molecule has 0 bridgehead atoms. The predicted octanol–water partition coefficient (Wildman–Crippen LogP) is 1.92. The molecule has 2 fully saturated rings. The summed E-state index contributed by atoms with van der Waals surface area (Å²) in [7, 11) is 0. The molecule has 0 spiro atoms. The average Bonchev–Trinajstić information content (AvgIpc) is 3.05. The molecule has 1 atom stereocenters. The smallest absolute Gasteiger partial charge is 0.0628 e. The highest BCUT2D eigenvalue weighted by Gasteiger charge is 2.44. The van der Waals surface area contributed by atoms with Gasteiger partial charge in [0, 0.05) is 19.0 Å². The Balaban J connectivity index is 1.93. The number of nitriles is 1. The molecule has 3 heteroatoms. The Morgan fingerprint density at radius 1 is 1.31 bits per heavy atom. The highest BCUT2D eigenvalue weighted by Crippen LogP contribution is 2.49. The van der Waals surface area contributed by atoms with Crippen molar-refractivity contribution in [3.05, 3.63) is 0 Å². The summed E-state index contributed by atoms with van der Waals surface area (Å²) in [5.41, 5.74) is 0.284. The average molecular weight is 222 g/mol. The second kappa shape index (κ2) is 5.16. The van der Waals surface area contributed by atoms with Gasteiger partial charge in [0.05, 0.1) is 12.7 Å². The summed E-state index contributed by atoms with van der Waals surface area (Å²) in [6.07, 6.45) is 8.01. The van der Waals surface area contributed by atoms with Crippen LogP contribution in [0.5, 0.6) is 0 Å². The monoisotopic (exact) mass is 222 g/mol. The molecule has 1 N–H and O–H groups in total. The molecule has 3 nitrogen and oxygen atoms in total. The lowest BCUT2D eigenvalue weighted by Gasteiger charge is -2.31. The first-order valence-electron chi connectivity index (χ1n) is 6.51. The third-order valence-corrected chi connectivity index (χ3v) is 4.16. The number of likely N-dealkylation sites (tertiary alicyclic amines) is 1. The van der Waals surface area contributed by atoms with Gasteiger partial charge in [-0.3, -0.25) is 4.90 Å². The zero-order valence-electron chi connectivity index (χ0n) is 9.99. The Labute approximate surface area is 98.1 Å². The second-order valence-corrected chi connectivity index (χ2v) is 5.49. The first-order chi connectivity index (χ1) is 7.79. The summed E-state index contributed by atoms with van der Waals surface area (Å²) in [6.45, 7) is 2.42. The molecular weight excluding hydrogens is 200 g/mol. The van der Waals surface area contributed by atoms with E-state index < -0.39 is 0 Å². The summed E-state index contributed by atoms with van der Waals surface area (Å²) >= 11 is 0. The largest absolute Gasteiger partial charge is 0.395 e. The zero-order valence-corrected chi connectivity index (χ0v) is 9.99. The van der Waals surface area contributed by atoms with E-state index in [2.05, 4.69) is 11.0 Å². The van der Waals surface area contributed by atoms with Crippen molar-refractivity contribution >= 4 is 0 Å². The fourth-order valence-corrected chi connectivity index (χ4v) is 2.82. The lowest BCUT2D eigenvalue weighted by Crippen LogP contribution is -2.41. The standard InChI is InChI=1S/C13H22N2O/c14-8-7-13(5-6-13)11-15-9-3-1-2-4-12(15)10-16/h12,16H,1-7,9-11H2. The first kappa shape index (κ1) is 11.9. The third kappa shape index (κ3) is 2.75. The van der Waals surface area contributed by atoms with Crippen LogP contribution in [0.15, 0.2) is 0 Å². The van der Waals surface area contributed by atoms with Gasteiger partial charge < -0.3 is 5.11 Å². The quantitative estimate of drug-likeness (QED) is 0.790. The Morgan fingerprint density at radius 3 is 2.75 bits per heavy atom. The van der Waals surface area contributed by atoms with Crippen molar-refractivity contribution in [3.63, 3.8) is 0 Å². The molecule has 0 aromatic carbocycles. The van der Waals surface area contributed by atoms with Crippen LogP contribution in [0.3, 0.4) is 0 Å². The van der Waals surface area contributed by atoms with Crippen molar-refractivity contribution in [2.24, 2.45) is 5.41 Å². The van der Waals surface area contributed by atoms with Crippen LogP contribution in [-0.4, -0.2) is 35.7 Å². The minimum absolute atomic E-state index is 0.280. The molecule has 1 aliphatic carbocycles. The van der Waals surface area contributed by atoms with Crippen LogP contribution in [0.4, 0.5) is 0 Å². The van der Waals surface area contributed by atoms with E-state index in [0.29, 0.717) is 12.5 Å². The second-order valence-electron chi connectivity index (χ2n) is 5.49. The van der Waals surface area contributed by atoms with Crippen LogP contribution in [0.25, 0.3) is 0 Å². The molecule has 1 aliphatic heterocycles. The summed E-state index contributed by atoms with van der Waals surface area (Å²) in [4.78, 5) is 2.44. The van der Waals surface area contributed by atoms with E-state index in [0.717, 1.165) is 19.5 Å². The molecule has 0 amide bonds. The third-order valence-electron chi connectivity index (χ3n) is 4.16. The lowest BCUT2D eigenvalue weighted by molar-refractivity contribution is 0.104. The minimum atomic E-state index is 0.280. The van der Waals surface area contributed by atoms with Gasteiger partial charge >= 0.3 is 0 Å². The fraction of sp³-hybridized carbons (Fsp3) is 0.923. The molecule has 16 heavy (non-hydrogen) atoms. The van der Waals surface area contributed by atoms with Crippen LogP contribution >= 0.6 is 0 Å². The van der Waals surface area contributed by atoms with Gasteiger partial charge in [-0.2, -0.15) is 5.26 Å². The summed E-state index contributed by atoms with van der Waals surface area (Å²) in [5.74, 6) is 0. The number of hydrogen-bond donors (Lipinski definition) is 1. The lowest BCUT2D eigenvalue weighted by atomic mass is 10.0. The molecule has 0 radical (unpaired) electrons.